The molecule has 4 rings (SSSR count). The van der Waals surface area contributed by atoms with Gasteiger partial charge in [-0.15, -0.1) is 0 Å². The molecule has 0 unspecified atom stereocenters. The van der Waals surface area contributed by atoms with Crippen molar-refractivity contribution >= 4 is 40.1 Å². The van der Waals surface area contributed by atoms with Crippen molar-refractivity contribution in [2.24, 2.45) is 5.41 Å². The molecule has 2 heterocycles. The lowest BCUT2D eigenvalue weighted by molar-refractivity contribution is -0.117. The molecule has 2 aromatic carbocycles. The topological polar surface area (TPSA) is 99.8 Å². The normalized spacial score (nSPS) is 15.0. The van der Waals surface area contributed by atoms with Crippen molar-refractivity contribution in [1.82, 2.24) is 4.57 Å². The molecule has 0 aliphatic carbocycles. The summed E-state index contributed by atoms with van der Waals surface area (Å²) in [7, 11) is 0. The van der Waals surface area contributed by atoms with Crippen LogP contribution in [0.15, 0.2) is 35.3 Å². The number of anilines is 1. The van der Waals surface area contributed by atoms with E-state index in [4.69, 9.17) is 11.6 Å². The fourth-order valence-electron chi connectivity index (χ4n) is 4.79. The van der Waals surface area contributed by atoms with E-state index in [2.05, 4.69) is 0 Å². The third-order valence-electron chi connectivity index (χ3n) is 6.80. The van der Waals surface area contributed by atoms with Crippen LogP contribution in [0.3, 0.4) is 0 Å². The van der Waals surface area contributed by atoms with Gasteiger partial charge in [-0.2, -0.15) is 0 Å². The van der Waals surface area contributed by atoms with Crippen molar-refractivity contribution in [3.05, 3.63) is 74.0 Å². The minimum atomic E-state index is -1.41. The molecule has 0 radical (unpaired) electrons. The first-order chi connectivity index (χ1) is 17.3. The highest BCUT2D eigenvalue weighted by Gasteiger charge is 2.30. The van der Waals surface area contributed by atoms with Crippen LogP contribution >= 0.6 is 11.6 Å². The van der Waals surface area contributed by atoms with E-state index in [1.54, 1.807) is 16.7 Å². The van der Waals surface area contributed by atoms with Crippen LogP contribution in [0.2, 0.25) is 5.02 Å². The zero-order valence-corrected chi connectivity index (χ0v) is 21.4. The first kappa shape index (κ1) is 26.8. The molecular weight excluding hydrogens is 506 g/mol. The number of aromatic nitrogens is 1. The molecule has 0 spiro atoms. The van der Waals surface area contributed by atoms with Gasteiger partial charge in [-0.25, -0.2) is 13.6 Å². The summed E-state index contributed by atoms with van der Waals surface area (Å²) in [5.41, 5.74) is -0.855. The zero-order chi connectivity index (χ0) is 27.2. The van der Waals surface area contributed by atoms with E-state index in [1.807, 2.05) is 20.8 Å². The van der Waals surface area contributed by atoms with Gasteiger partial charge in [-0.05, 0) is 41.2 Å². The standard InChI is InChI=1S/C27H27ClF2N2O5/c1-27(2,3)20(13-33)32-12-17(26(36)37)25(35)16-10-14(6-7-18(16)32)9-15-11-19(24(30)22(28)23(15)29)31-8-4-5-21(31)34/h6-7,10-12,20,33H,4-5,8-9,13H2,1-3H3,(H,36,37)/t20-/m1/s1. The fourth-order valence-corrected chi connectivity index (χ4v) is 5.01. The van der Waals surface area contributed by atoms with Crippen molar-refractivity contribution in [3.8, 4) is 0 Å². The van der Waals surface area contributed by atoms with Gasteiger partial charge in [0.05, 0.1) is 23.9 Å². The second-order valence-electron chi connectivity index (χ2n) is 10.3. The smallest absolute Gasteiger partial charge is 0.341 e. The van der Waals surface area contributed by atoms with Gasteiger partial charge in [-0.3, -0.25) is 9.59 Å². The maximum Gasteiger partial charge on any atom is 0.341 e. The number of hydrogen-bond acceptors (Lipinski definition) is 4. The molecule has 2 N–H and O–H groups in total. The summed E-state index contributed by atoms with van der Waals surface area (Å²) in [4.78, 5) is 38.3. The molecule has 1 atom stereocenters. The van der Waals surface area contributed by atoms with Crippen LogP contribution in [0.4, 0.5) is 14.5 Å². The van der Waals surface area contributed by atoms with E-state index < -0.39 is 45.1 Å². The van der Waals surface area contributed by atoms with Gasteiger partial charge in [0.25, 0.3) is 0 Å². The van der Waals surface area contributed by atoms with Crippen LogP contribution in [0.5, 0.6) is 0 Å². The molecule has 196 valence electrons. The number of pyridine rings is 1. The lowest BCUT2D eigenvalue weighted by atomic mass is 9.86. The third kappa shape index (κ3) is 4.85. The maximum absolute atomic E-state index is 15.0. The third-order valence-corrected chi connectivity index (χ3v) is 7.13. The van der Waals surface area contributed by atoms with Crippen LogP contribution in [0.25, 0.3) is 10.9 Å². The molecule has 1 saturated heterocycles. The second-order valence-corrected chi connectivity index (χ2v) is 10.7. The Morgan fingerprint density at radius 2 is 1.86 bits per heavy atom. The lowest BCUT2D eigenvalue weighted by Gasteiger charge is -2.32. The Morgan fingerprint density at radius 3 is 2.43 bits per heavy atom. The van der Waals surface area contributed by atoms with Gasteiger partial charge in [0, 0.05) is 31.0 Å². The largest absolute Gasteiger partial charge is 0.477 e. The van der Waals surface area contributed by atoms with Crippen LogP contribution in [-0.2, 0) is 11.2 Å². The SMILES string of the molecule is CC(C)(C)[C@@H](CO)n1cc(C(=O)O)c(=O)c2cc(Cc3cc(N4CCCC4=O)c(F)c(Cl)c3F)ccc21. The van der Waals surface area contributed by atoms with Crippen LogP contribution < -0.4 is 10.3 Å². The predicted octanol–water partition coefficient (Wildman–Crippen LogP) is 4.93. The monoisotopic (exact) mass is 532 g/mol. The Kier molecular flexibility index (Phi) is 7.14. The summed E-state index contributed by atoms with van der Waals surface area (Å²) in [6.07, 6.45) is 1.96. The number of amides is 1. The molecule has 37 heavy (non-hydrogen) atoms. The molecule has 0 bridgehead atoms. The minimum absolute atomic E-state index is 0.0260. The fraction of sp³-hybridized carbons (Fsp3) is 0.370. The van der Waals surface area contributed by atoms with Crippen molar-refractivity contribution in [3.63, 3.8) is 0 Å². The molecule has 1 aromatic heterocycles. The molecule has 10 heteroatoms. The number of aliphatic hydroxyl groups is 1. The van der Waals surface area contributed by atoms with Gasteiger partial charge < -0.3 is 19.7 Å². The van der Waals surface area contributed by atoms with Crippen molar-refractivity contribution in [1.29, 1.82) is 0 Å². The van der Waals surface area contributed by atoms with E-state index in [9.17, 15) is 33.4 Å². The number of halogens is 3. The number of aromatic carboxylic acids is 1. The van der Waals surface area contributed by atoms with Crippen molar-refractivity contribution in [2.45, 2.75) is 46.1 Å². The second kappa shape index (κ2) is 9.87. The van der Waals surface area contributed by atoms with Gasteiger partial charge >= 0.3 is 5.97 Å². The van der Waals surface area contributed by atoms with Crippen LogP contribution in [0.1, 0.15) is 61.1 Å². The molecule has 1 fully saturated rings. The summed E-state index contributed by atoms with van der Waals surface area (Å²) in [6, 6.07) is 5.44. The summed E-state index contributed by atoms with van der Waals surface area (Å²) < 4.78 is 31.3. The van der Waals surface area contributed by atoms with E-state index >= 15 is 0 Å². The Labute approximate surface area is 216 Å². The number of carbonyl (C=O) groups excluding carboxylic acids is 1. The average Bonchev–Trinajstić information content (AvgIpc) is 3.25. The van der Waals surface area contributed by atoms with Crippen molar-refractivity contribution < 1.29 is 28.6 Å². The Bertz CT molecular complexity index is 1480. The molecular formula is C27H27ClF2N2O5. The molecule has 1 aliphatic heterocycles. The van der Waals surface area contributed by atoms with Crippen molar-refractivity contribution in [2.75, 3.05) is 18.1 Å². The van der Waals surface area contributed by atoms with E-state index in [0.717, 1.165) is 0 Å². The summed E-state index contributed by atoms with van der Waals surface area (Å²) >= 11 is 5.94. The zero-order valence-electron chi connectivity index (χ0n) is 20.6. The number of fused-ring (bicyclic) bond motifs is 1. The summed E-state index contributed by atoms with van der Waals surface area (Å²) in [5.74, 6) is -3.67. The Hall–Kier alpha value is -3.30. The number of carboxylic acids is 1. The van der Waals surface area contributed by atoms with Gasteiger partial charge in [0.2, 0.25) is 11.3 Å². The predicted molar refractivity (Wildman–Crippen MR) is 137 cm³/mol. The van der Waals surface area contributed by atoms with Gasteiger partial charge in [0.1, 0.15) is 16.4 Å². The number of hydrogen-bond donors (Lipinski definition) is 2. The first-order valence-electron chi connectivity index (χ1n) is 11.8. The number of benzene rings is 2. The average molecular weight is 533 g/mol. The lowest BCUT2D eigenvalue weighted by Crippen LogP contribution is -2.30. The number of carboxylic acid groups (broad SMARTS) is 1. The molecule has 0 saturated carbocycles. The molecule has 1 amide bonds. The summed E-state index contributed by atoms with van der Waals surface area (Å²) in [5, 5.41) is 19.1. The first-order valence-corrected chi connectivity index (χ1v) is 12.2. The quantitative estimate of drug-likeness (QED) is 0.439. The molecule has 1 aliphatic rings. The summed E-state index contributed by atoms with van der Waals surface area (Å²) in [6.45, 7) is 5.66. The van der Waals surface area contributed by atoms with Crippen LogP contribution in [-0.4, -0.2) is 39.8 Å². The highest BCUT2D eigenvalue weighted by atomic mass is 35.5. The van der Waals surface area contributed by atoms with Gasteiger partial charge in [-0.1, -0.05) is 38.4 Å². The number of aliphatic hydroxyl groups excluding tert-OH is 1. The highest BCUT2D eigenvalue weighted by molar-refractivity contribution is 6.31. The number of rotatable bonds is 6. The van der Waals surface area contributed by atoms with E-state index in [1.165, 1.54) is 23.2 Å². The maximum atomic E-state index is 15.0. The molecule has 3 aromatic rings. The van der Waals surface area contributed by atoms with Gasteiger partial charge in [0.15, 0.2) is 5.82 Å². The van der Waals surface area contributed by atoms with E-state index in [-0.39, 0.29) is 42.0 Å². The highest BCUT2D eigenvalue weighted by Crippen LogP contribution is 2.35. The Balaban J connectivity index is 1.86. The molecule has 7 nitrogen and oxygen atoms in total. The van der Waals surface area contributed by atoms with Crippen LogP contribution in [0, 0.1) is 17.0 Å². The number of nitrogens with zero attached hydrogens (tertiary/aromatic N) is 2. The number of carbonyl (C=O) groups is 2. The minimum Gasteiger partial charge on any atom is -0.477 e. The van der Waals surface area contributed by atoms with E-state index in [0.29, 0.717) is 24.0 Å². The Morgan fingerprint density at radius 1 is 1.16 bits per heavy atom.